The molecule has 1 atom stereocenters. The molecule has 2 aromatic heterocycles. The lowest BCUT2D eigenvalue weighted by molar-refractivity contribution is 0.199. The molecule has 21 heavy (non-hydrogen) atoms. The molecule has 116 valence electrons. The van der Waals surface area contributed by atoms with Gasteiger partial charge < -0.3 is 14.5 Å². The molecular weight excluding hydrogens is 282 g/mol. The third-order valence-corrected chi connectivity index (χ3v) is 4.91. The number of hydrogen-bond donors (Lipinski definition) is 1. The summed E-state index contributed by atoms with van der Waals surface area (Å²) in [6.07, 6.45) is 3.30. The van der Waals surface area contributed by atoms with Crippen LogP contribution in [0.5, 0.6) is 0 Å². The van der Waals surface area contributed by atoms with Crippen molar-refractivity contribution >= 4 is 17.4 Å². The Labute approximate surface area is 131 Å². The molecule has 5 heteroatoms. The summed E-state index contributed by atoms with van der Waals surface area (Å²) < 4.78 is 7.26. The number of nitrogens with zero attached hydrogens (tertiary/aromatic N) is 2. The zero-order valence-electron chi connectivity index (χ0n) is 13.1. The van der Waals surface area contributed by atoms with Gasteiger partial charge in [-0.3, -0.25) is 0 Å². The Balaban J connectivity index is 2.13. The monoisotopic (exact) mass is 307 g/mol. The van der Waals surface area contributed by atoms with Gasteiger partial charge in [-0.05, 0) is 18.1 Å². The molecule has 0 amide bonds. The number of aromatic nitrogens is 2. The van der Waals surface area contributed by atoms with Gasteiger partial charge in [-0.1, -0.05) is 26.3 Å². The lowest BCUT2D eigenvalue weighted by atomic mass is 10.2. The highest BCUT2D eigenvalue weighted by molar-refractivity contribution is 7.99. The smallest absolute Gasteiger partial charge is 0.138 e. The van der Waals surface area contributed by atoms with Crippen LogP contribution in [0, 0.1) is 5.92 Å². The molecule has 1 N–H and O–H groups in total. The van der Waals surface area contributed by atoms with Crippen LogP contribution in [0.15, 0.2) is 29.4 Å². The number of ether oxygens (including phenoxy) is 1. The van der Waals surface area contributed by atoms with Crippen molar-refractivity contribution in [2.75, 3.05) is 26.0 Å². The fourth-order valence-corrected chi connectivity index (χ4v) is 3.19. The van der Waals surface area contributed by atoms with E-state index in [-0.39, 0.29) is 0 Å². The molecule has 0 aliphatic carbocycles. The largest absolute Gasteiger partial charge is 0.383 e. The second-order valence-corrected chi connectivity index (χ2v) is 6.30. The minimum absolute atomic E-state index is 0.717. The Morgan fingerprint density at radius 2 is 2.29 bits per heavy atom. The van der Waals surface area contributed by atoms with Crippen LogP contribution in [0.1, 0.15) is 26.0 Å². The Morgan fingerprint density at radius 1 is 1.43 bits per heavy atom. The summed E-state index contributed by atoms with van der Waals surface area (Å²) in [5.74, 6) is 1.83. The second-order valence-electron chi connectivity index (χ2n) is 5.29. The SMILES string of the molecule is CCC(C)CSc1nc2ccccn2c1CNCCOC. The Bertz CT molecular complexity index is 555. The zero-order chi connectivity index (χ0) is 15.1. The van der Waals surface area contributed by atoms with E-state index in [9.17, 15) is 0 Å². The van der Waals surface area contributed by atoms with Crippen LogP contribution in [-0.2, 0) is 11.3 Å². The fourth-order valence-electron chi connectivity index (χ4n) is 2.02. The van der Waals surface area contributed by atoms with E-state index >= 15 is 0 Å². The third kappa shape index (κ3) is 4.46. The molecule has 2 aromatic rings. The van der Waals surface area contributed by atoms with Crippen LogP contribution in [-0.4, -0.2) is 35.4 Å². The number of imidazole rings is 1. The van der Waals surface area contributed by atoms with Crippen molar-refractivity contribution in [1.29, 1.82) is 0 Å². The first-order chi connectivity index (χ1) is 10.3. The van der Waals surface area contributed by atoms with Crippen molar-refractivity contribution in [2.45, 2.75) is 31.8 Å². The summed E-state index contributed by atoms with van der Waals surface area (Å²) in [5.41, 5.74) is 2.27. The van der Waals surface area contributed by atoms with Crippen molar-refractivity contribution in [3.8, 4) is 0 Å². The maximum Gasteiger partial charge on any atom is 0.138 e. The van der Waals surface area contributed by atoms with E-state index in [1.165, 1.54) is 12.1 Å². The van der Waals surface area contributed by atoms with Gasteiger partial charge in [0.2, 0.25) is 0 Å². The van der Waals surface area contributed by atoms with Gasteiger partial charge in [-0.2, -0.15) is 0 Å². The number of hydrogen-bond acceptors (Lipinski definition) is 4. The van der Waals surface area contributed by atoms with Gasteiger partial charge in [0, 0.05) is 32.1 Å². The Morgan fingerprint density at radius 3 is 3.05 bits per heavy atom. The van der Waals surface area contributed by atoms with Crippen molar-refractivity contribution in [1.82, 2.24) is 14.7 Å². The maximum absolute atomic E-state index is 5.08. The molecule has 1 unspecified atom stereocenters. The average Bonchev–Trinajstić information content (AvgIpc) is 2.87. The minimum atomic E-state index is 0.717. The molecule has 0 fully saturated rings. The lowest BCUT2D eigenvalue weighted by Crippen LogP contribution is -2.19. The predicted molar refractivity (Wildman–Crippen MR) is 89.0 cm³/mol. The van der Waals surface area contributed by atoms with Gasteiger partial charge >= 0.3 is 0 Å². The highest BCUT2D eigenvalue weighted by Gasteiger charge is 2.13. The molecule has 0 saturated heterocycles. The normalized spacial score (nSPS) is 12.9. The number of nitrogens with one attached hydrogen (secondary N) is 1. The molecule has 0 saturated carbocycles. The van der Waals surface area contributed by atoms with Gasteiger partial charge in [0.05, 0.1) is 12.3 Å². The first kappa shape index (κ1) is 16.3. The number of rotatable bonds is 9. The summed E-state index contributed by atoms with van der Waals surface area (Å²) in [5, 5.41) is 4.57. The highest BCUT2D eigenvalue weighted by Crippen LogP contribution is 2.26. The second kappa shape index (κ2) is 8.41. The minimum Gasteiger partial charge on any atom is -0.383 e. The zero-order valence-corrected chi connectivity index (χ0v) is 13.9. The van der Waals surface area contributed by atoms with E-state index in [1.807, 2.05) is 17.8 Å². The first-order valence-electron chi connectivity index (χ1n) is 7.54. The van der Waals surface area contributed by atoms with Crippen molar-refractivity contribution in [3.05, 3.63) is 30.1 Å². The van der Waals surface area contributed by atoms with Gasteiger partial charge in [0.1, 0.15) is 10.7 Å². The molecule has 0 radical (unpaired) electrons. The van der Waals surface area contributed by atoms with Crippen LogP contribution in [0.4, 0.5) is 0 Å². The van der Waals surface area contributed by atoms with Gasteiger partial charge in [-0.25, -0.2) is 4.98 Å². The number of methoxy groups -OCH3 is 1. The van der Waals surface area contributed by atoms with Gasteiger partial charge in [-0.15, -0.1) is 11.8 Å². The topological polar surface area (TPSA) is 38.6 Å². The van der Waals surface area contributed by atoms with Crippen LogP contribution in [0.25, 0.3) is 5.65 Å². The molecule has 0 spiro atoms. The van der Waals surface area contributed by atoms with Crippen LogP contribution in [0.2, 0.25) is 0 Å². The summed E-state index contributed by atoms with van der Waals surface area (Å²) in [6, 6.07) is 6.15. The lowest BCUT2D eigenvalue weighted by Gasteiger charge is -2.09. The van der Waals surface area contributed by atoms with E-state index < -0.39 is 0 Å². The summed E-state index contributed by atoms with van der Waals surface area (Å²) >= 11 is 1.87. The van der Waals surface area contributed by atoms with E-state index in [4.69, 9.17) is 9.72 Å². The summed E-state index contributed by atoms with van der Waals surface area (Å²) in [6.45, 7) is 6.93. The van der Waals surface area contributed by atoms with E-state index in [0.717, 1.165) is 36.1 Å². The molecule has 0 aliphatic rings. The number of thioether (sulfide) groups is 1. The van der Waals surface area contributed by atoms with Crippen LogP contribution in [0.3, 0.4) is 0 Å². The molecule has 2 rings (SSSR count). The van der Waals surface area contributed by atoms with Crippen LogP contribution >= 0.6 is 11.8 Å². The quantitative estimate of drug-likeness (QED) is 0.570. The third-order valence-electron chi connectivity index (χ3n) is 3.57. The van der Waals surface area contributed by atoms with Crippen molar-refractivity contribution < 1.29 is 4.74 Å². The number of pyridine rings is 1. The average molecular weight is 307 g/mol. The number of fused-ring (bicyclic) bond motifs is 1. The Hall–Kier alpha value is -1.04. The molecule has 0 bridgehead atoms. The standard InChI is InChI=1S/C16H25N3OS/c1-4-13(2)12-21-16-14(11-17-8-10-20-3)19-9-6-5-7-15(19)18-16/h5-7,9,13,17H,4,8,10-12H2,1-3H3. The van der Waals surface area contributed by atoms with Crippen molar-refractivity contribution in [3.63, 3.8) is 0 Å². The Kier molecular flexibility index (Phi) is 6.54. The van der Waals surface area contributed by atoms with E-state index in [1.54, 1.807) is 7.11 Å². The first-order valence-corrected chi connectivity index (χ1v) is 8.53. The van der Waals surface area contributed by atoms with E-state index in [0.29, 0.717) is 5.92 Å². The predicted octanol–water partition coefficient (Wildman–Crippen LogP) is 3.21. The molecule has 0 aromatic carbocycles. The van der Waals surface area contributed by atoms with Crippen molar-refractivity contribution in [2.24, 2.45) is 5.92 Å². The molecule has 4 nitrogen and oxygen atoms in total. The summed E-state index contributed by atoms with van der Waals surface area (Å²) in [4.78, 5) is 4.77. The van der Waals surface area contributed by atoms with E-state index in [2.05, 4.69) is 41.9 Å². The fraction of sp³-hybridized carbons (Fsp3) is 0.562. The summed E-state index contributed by atoms with van der Waals surface area (Å²) in [7, 11) is 1.73. The highest BCUT2D eigenvalue weighted by atomic mass is 32.2. The maximum atomic E-state index is 5.08. The molecule has 2 heterocycles. The van der Waals surface area contributed by atoms with Gasteiger partial charge in [0.15, 0.2) is 0 Å². The van der Waals surface area contributed by atoms with Crippen LogP contribution < -0.4 is 5.32 Å². The molecular formula is C16H25N3OS. The van der Waals surface area contributed by atoms with Gasteiger partial charge in [0.25, 0.3) is 0 Å². The molecule has 0 aliphatic heterocycles.